The number of nitrogens with zero attached hydrogens (tertiary/aromatic N) is 1. The molecule has 2 N–H and O–H groups in total. The van der Waals surface area contributed by atoms with Crippen LogP contribution in [0.1, 0.15) is 22.7 Å². The van der Waals surface area contributed by atoms with E-state index in [1.165, 1.54) is 0 Å². The first-order valence-corrected chi connectivity index (χ1v) is 7.27. The molecule has 4 heteroatoms. The minimum atomic E-state index is -0.541. The summed E-state index contributed by atoms with van der Waals surface area (Å²) in [6.07, 6.45) is 0. The van der Waals surface area contributed by atoms with Crippen LogP contribution in [0.4, 0.5) is 5.69 Å². The van der Waals surface area contributed by atoms with E-state index in [4.69, 9.17) is 5.73 Å². The van der Waals surface area contributed by atoms with Gasteiger partial charge in [-0.15, -0.1) is 0 Å². The van der Waals surface area contributed by atoms with Crippen LogP contribution in [0.5, 0.6) is 0 Å². The predicted octanol–water partition coefficient (Wildman–Crippen LogP) is 3.30. The molecule has 102 valence electrons. The van der Waals surface area contributed by atoms with Gasteiger partial charge in [-0.1, -0.05) is 45.8 Å². The maximum absolute atomic E-state index is 12.3. The number of hydrogen-bond acceptors (Lipinski definition) is 2. The fourth-order valence-electron chi connectivity index (χ4n) is 2.52. The lowest BCUT2D eigenvalue weighted by molar-refractivity contribution is -0.119. The molecule has 0 saturated heterocycles. The zero-order valence-electron chi connectivity index (χ0n) is 11.1. The normalized spacial score (nSPS) is 17.4. The fraction of sp³-hybridized carbons (Fsp3) is 0.188. The van der Waals surface area contributed by atoms with E-state index in [0.29, 0.717) is 6.54 Å². The molecule has 0 spiro atoms. The number of aryl methyl sites for hydroxylation is 1. The van der Waals surface area contributed by atoms with Crippen LogP contribution in [-0.2, 0) is 11.3 Å². The van der Waals surface area contributed by atoms with E-state index in [-0.39, 0.29) is 5.91 Å². The number of anilines is 1. The number of rotatable bonds is 2. The highest BCUT2D eigenvalue weighted by molar-refractivity contribution is 9.10. The number of amides is 1. The molecule has 1 atom stereocenters. The molecule has 2 aromatic carbocycles. The number of hydrogen-bond donors (Lipinski definition) is 1. The van der Waals surface area contributed by atoms with Crippen molar-refractivity contribution < 1.29 is 4.79 Å². The number of fused-ring (bicyclic) bond motifs is 1. The highest BCUT2D eigenvalue weighted by Crippen LogP contribution is 2.36. The van der Waals surface area contributed by atoms with Crippen molar-refractivity contribution in [2.45, 2.75) is 19.5 Å². The van der Waals surface area contributed by atoms with E-state index < -0.39 is 6.04 Å². The summed E-state index contributed by atoms with van der Waals surface area (Å²) < 4.78 is 1.03. The van der Waals surface area contributed by atoms with Crippen LogP contribution in [0.2, 0.25) is 0 Å². The van der Waals surface area contributed by atoms with Crippen molar-refractivity contribution >= 4 is 27.5 Å². The summed E-state index contributed by atoms with van der Waals surface area (Å²) in [7, 11) is 0. The lowest BCUT2D eigenvalue weighted by Crippen LogP contribution is -2.31. The number of halogens is 1. The number of benzene rings is 2. The molecule has 3 rings (SSSR count). The molecule has 0 aliphatic carbocycles. The maximum Gasteiger partial charge on any atom is 0.248 e. The molecule has 1 amide bonds. The molecule has 0 aromatic heterocycles. The van der Waals surface area contributed by atoms with E-state index in [1.54, 1.807) is 4.90 Å². The molecule has 1 aliphatic rings. The summed E-state index contributed by atoms with van der Waals surface area (Å²) in [6, 6.07) is 13.4. The van der Waals surface area contributed by atoms with Gasteiger partial charge >= 0.3 is 0 Å². The van der Waals surface area contributed by atoms with Crippen LogP contribution < -0.4 is 10.6 Å². The molecule has 0 fully saturated rings. The van der Waals surface area contributed by atoms with Crippen molar-refractivity contribution in [3.05, 3.63) is 63.6 Å². The lowest BCUT2D eigenvalue weighted by atomic mass is 10.1. The quantitative estimate of drug-likeness (QED) is 0.918. The van der Waals surface area contributed by atoms with Gasteiger partial charge in [0.05, 0.1) is 6.54 Å². The van der Waals surface area contributed by atoms with E-state index in [9.17, 15) is 4.79 Å². The molecule has 1 heterocycles. The third-order valence-corrected chi connectivity index (χ3v) is 4.12. The zero-order chi connectivity index (χ0) is 14.3. The smallest absolute Gasteiger partial charge is 0.248 e. The zero-order valence-corrected chi connectivity index (χ0v) is 12.7. The molecular formula is C16H15BrN2O. The number of nitrogens with two attached hydrogens (primary N) is 1. The van der Waals surface area contributed by atoms with Crippen molar-refractivity contribution in [1.82, 2.24) is 0 Å². The van der Waals surface area contributed by atoms with Gasteiger partial charge < -0.3 is 10.6 Å². The Morgan fingerprint density at radius 2 is 1.90 bits per heavy atom. The van der Waals surface area contributed by atoms with E-state index in [2.05, 4.69) is 15.9 Å². The van der Waals surface area contributed by atoms with E-state index in [1.807, 2.05) is 49.4 Å². The average molecular weight is 331 g/mol. The van der Waals surface area contributed by atoms with Crippen LogP contribution in [0.3, 0.4) is 0 Å². The molecule has 0 saturated carbocycles. The summed E-state index contributed by atoms with van der Waals surface area (Å²) in [5.74, 6) is -0.0338. The minimum absolute atomic E-state index is 0.0338. The SMILES string of the molecule is Cc1ccc2c(c1)C(N)C(=O)N2Cc1ccc(Br)cc1. The Labute approximate surface area is 126 Å². The summed E-state index contributed by atoms with van der Waals surface area (Å²) in [6.45, 7) is 2.56. The Bertz CT molecular complexity index is 667. The van der Waals surface area contributed by atoms with E-state index in [0.717, 1.165) is 26.9 Å². The van der Waals surface area contributed by atoms with Crippen molar-refractivity contribution in [2.24, 2.45) is 5.73 Å². The van der Waals surface area contributed by atoms with Crippen molar-refractivity contribution in [3.63, 3.8) is 0 Å². The van der Waals surface area contributed by atoms with Crippen LogP contribution in [-0.4, -0.2) is 5.91 Å². The van der Waals surface area contributed by atoms with Gasteiger partial charge in [0.1, 0.15) is 6.04 Å². The van der Waals surface area contributed by atoms with Gasteiger partial charge in [-0.2, -0.15) is 0 Å². The molecular weight excluding hydrogens is 316 g/mol. The van der Waals surface area contributed by atoms with Gasteiger partial charge in [0.2, 0.25) is 5.91 Å². The number of carbonyl (C=O) groups excluding carboxylic acids is 1. The second-order valence-corrected chi connectivity index (χ2v) is 6.01. The van der Waals surface area contributed by atoms with Gasteiger partial charge in [-0.05, 0) is 30.7 Å². The largest absolute Gasteiger partial charge is 0.316 e. The van der Waals surface area contributed by atoms with Gasteiger partial charge in [-0.3, -0.25) is 4.79 Å². The van der Waals surface area contributed by atoms with Crippen molar-refractivity contribution in [3.8, 4) is 0 Å². The molecule has 0 radical (unpaired) electrons. The molecule has 0 bridgehead atoms. The first kappa shape index (κ1) is 13.3. The Morgan fingerprint density at radius 1 is 1.20 bits per heavy atom. The molecule has 20 heavy (non-hydrogen) atoms. The first-order chi connectivity index (χ1) is 9.56. The fourth-order valence-corrected chi connectivity index (χ4v) is 2.79. The minimum Gasteiger partial charge on any atom is -0.316 e. The lowest BCUT2D eigenvalue weighted by Gasteiger charge is -2.18. The highest BCUT2D eigenvalue weighted by Gasteiger charge is 2.34. The van der Waals surface area contributed by atoms with Crippen molar-refractivity contribution in [2.75, 3.05) is 4.90 Å². The Balaban J connectivity index is 1.95. The van der Waals surface area contributed by atoms with Gasteiger partial charge in [-0.25, -0.2) is 0 Å². The van der Waals surface area contributed by atoms with Gasteiger partial charge in [0.15, 0.2) is 0 Å². The summed E-state index contributed by atoms with van der Waals surface area (Å²) >= 11 is 3.41. The topological polar surface area (TPSA) is 46.3 Å². The second kappa shape index (κ2) is 5.04. The summed E-state index contributed by atoms with van der Waals surface area (Å²) in [5.41, 5.74) is 10.1. The van der Waals surface area contributed by atoms with Crippen LogP contribution in [0, 0.1) is 6.92 Å². The standard InChI is InChI=1S/C16H15BrN2O/c1-10-2-7-14-13(8-10)15(18)16(20)19(14)9-11-3-5-12(17)6-4-11/h2-8,15H,9,18H2,1H3. The third-order valence-electron chi connectivity index (χ3n) is 3.59. The third kappa shape index (κ3) is 2.25. The van der Waals surface area contributed by atoms with Crippen LogP contribution >= 0.6 is 15.9 Å². The van der Waals surface area contributed by atoms with Gasteiger partial charge in [0.25, 0.3) is 0 Å². The average Bonchev–Trinajstić information content (AvgIpc) is 2.66. The second-order valence-electron chi connectivity index (χ2n) is 5.09. The predicted molar refractivity (Wildman–Crippen MR) is 83.4 cm³/mol. The van der Waals surface area contributed by atoms with Crippen LogP contribution in [0.25, 0.3) is 0 Å². The Hall–Kier alpha value is -1.65. The van der Waals surface area contributed by atoms with Crippen LogP contribution in [0.15, 0.2) is 46.9 Å². The Morgan fingerprint density at radius 3 is 2.60 bits per heavy atom. The Kier molecular flexibility index (Phi) is 3.36. The monoisotopic (exact) mass is 330 g/mol. The van der Waals surface area contributed by atoms with E-state index >= 15 is 0 Å². The molecule has 1 unspecified atom stereocenters. The summed E-state index contributed by atoms with van der Waals surface area (Å²) in [5, 5.41) is 0. The summed E-state index contributed by atoms with van der Waals surface area (Å²) in [4.78, 5) is 14.1. The molecule has 2 aromatic rings. The van der Waals surface area contributed by atoms with Crippen molar-refractivity contribution in [1.29, 1.82) is 0 Å². The van der Waals surface area contributed by atoms with Gasteiger partial charge in [0, 0.05) is 15.7 Å². The number of carbonyl (C=O) groups is 1. The first-order valence-electron chi connectivity index (χ1n) is 6.48. The molecule has 3 nitrogen and oxygen atoms in total. The maximum atomic E-state index is 12.3. The molecule has 1 aliphatic heterocycles. The highest BCUT2D eigenvalue weighted by atomic mass is 79.9.